The molecule has 0 saturated carbocycles. The first kappa shape index (κ1) is 11.0. The van der Waals surface area contributed by atoms with Crippen LogP contribution in [0.5, 0.6) is 5.75 Å². The van der Waals surface area contributed by atoms with Gasteiger partial charge in [-0.05, 0) is 36.1 Å². The fraction of sp³-hybridized carbons (Fsp3) is 0.455. The molecule has 0 aliphatic rings. The van der Waals surface area contributed by atoms with Crippen molar-refractivity contribution in [3.05, 3.63) is 29.6 Å². The van der Waals surface area contributed by atoms with Crippen LogP contribution < -0.4 is 5.73 Å². The van der Waals surface area contributed by atoms with Gasteiger partial charge in [0.1, 0.15) is 11.6 Å². The van der Waals surface area contributed by atoms with Crippen molar-refractivity contribution in [1.82, 2.24) is 0 Å². The minimum absolute atomic E-state index is 0.0531. The van der Waals surface area contributed by atoms with Crippen molar-refractivity contribution >= 4 is 0 Å². The highest BCUT2D eigenvalue weighted by atomic mass is 19.1. The molecule has 0 heterocycles. The van der Waals surface area contributed by atoms with E-state index in [1.807, 2.05) is 13.8 Å². The molecule has 1 rings (SSSR count). The molecule has 1 atom stereocenters. The van der Waals surface area contributed by atoms with Crippen LogP contribution in [-0.4, -0.2) is 11.1 Å². The molecular weight excluding hydrogens is 181 g/mol. The third kappa shape index (κ3) is 2.70. The highest BCUT2D eigenvalue weighted by molar-refractivity contribution is 5.33. The van der Waals surface area contributed by atoms with Crippen LogP contribution in [-0.2, 0) is 6.42 Å². The van der Waals surface area contributed by atoms with Crippen LogP contribution >= 0.6 is 0 Å². The van der Waals surface area contributed by atoms with Crippen molar-refractivity contribution in [3.63, 3.8) is 0 Å². The van der Waals surface area contributed by atoms with E-state index in [9.17, 15) is 9.50 Å². The molecule has 0 saturated heterocycles. The number of phenolic OH excluding ortho intramolecular Hbond substituents is 1. The van der Waals surface area contributed by atoms with Gasteiger partial charge in [-0.15, -0.1) is 0 Å². The Morgan fingerprint density at radius 3 is 2.64 bits per heavy atom. The second kappa shape index (κ2) is 4.42. The van der Waals surface area contributed by atoms with Crippen LogP contribution in [0.2, 0.25) is 0 Å². The lowest BCUT2D eigenvalue weighted by Gasteiger charge is -2.16. The largest absolute Gasteiger partial charge is 0.508 e. The monoisotopic (exact) mass is 197 g/mol. The van der Waals surface area contributed by atoms with Gasteiger partial charge in [-0.3, -0.25) is 0 Å². The number of aromatic hydroxyl groups is 1. The summed E-state index contributed by atoms with van der Waals surface area (Å²) in [6.45, 7) is 4.00. The Bertz CT molecular complexity index is 312. The van der Waals surface area contributed by atoms with Gasteiger partial charge >= 0.3 is 0 Å². The van der Waals surface area contributed by atoms with Gasteiger partial charge in [0, 0.05) is 6.04 Å². The zero-order valence-electron chi connectivity index (χ0n) is 8.50. The quantitative estimate of drug-likeness (QED) is 0.779. The topological polar surface area (TPSA) is 46.2 Å². The molecule has 1 aromatic carbocycles. The van der Waals surface area contributed by atoms with E-state index in [2.05, 4.69) is 0 Å². The molecule has 1 unspecified atom stereocenters. The Morgan fingerprint density at radius 2 is 2.07 bits per heavy atom. The van der Waals surface area contributed by atoms with E-state index in [-0.39, 0.29) is 17.6 Å². The summed E-state index contributed by atoms with van der Waals surface area (Å²) < 4.78 is 12.8. The highest BCUT2D eigenvalue weighted by Crippen LogP contribution is 2.20. The number of rotatable bonds is 3. The van der Waals surface area contributed by atoms with Gasteiger partial charge in [-0.25, -0.2) is 4.39 Å². The maximum Gasteiger partial charge on any atom is 0.123 e. The third-order valence-electron chi connectivity index (χ3n) is 2.35. The van der Waals surface area contributed by atoms with E-state index >= 15 is 0 Å². The van der Waals surface area contributed by atoms with E-state index in [4.69, 9.17) is 5.73 Å². The fourth-order valence-electron chi connectivity index (χ4n) is 1.21. The fourth-order valence-corrected chi connectivity index (χ4v) is 1.21. The van der Waals surface area contributed by atoms with Gasteiger partial charge in [0.2, 0.25) is 0 Å². The van der Waals surface area contributed by atoms with Gasteiger partial charge < -0.3 is 10.8 Å². The summed E-state index contributed by atoms with van der Waals surface area (Å²) in [6, 6.07) is 3.87. The molecule has 14 heavy (non-hydrogen) atoms. The zero-order chi connectivity index (χ0) is 10.7. The summed E-state index contributed by atoms with van der Waals surface area (Å²) in [6.07, 6.45) is 0.501. The molecule has 0 fully saturated rings. The summed E-state index contributed by atoms with van der Waals surface area (Å²) in [5.41, 5.74) is 6.41. The first-order valence-electron chi connectivity index (χ1n) is 4.73. The maximum atomic E-state index is 12.8. The lowest BCUT2D eigenvalue weighted by molar-refractivity contribution is 0.446. The van der Waals surface area contributed by atoms with Crippen molar-refractivity contribution in [1.29, 1.82) is 0 Å². The van der Waals surface area contributed by atoms with Gasteiger partial charge in [-0.1, -0.05) is 13.8 Å². The zero-order valence-corrected chi connectivity index (χ0v) is 8.50. The summed E-state index contributed by atoms with van der Waals surface area (Å²) >= 11 is 0. The van der Waals surface area contributed by atoms with E-state index in [1.165, 1.54) is 18.2 Å². The Hall–Kier alpha value is -1.09. The van der Waals surface area contributed by atoms with Crippen LogP contribution in [0.4, 0.5) is 4.39 Å². The van der Waals surface area contributed by atoms with Gasteiger partial charge in [0.25, 0.3) is 0 Å². The average Bonchev–Trinajstić information content (AvgIpc) is 2.11. The average molecular weight is 197 g/mol. The molecule has 78 valence electrons. The van der Waals surface area contributed by atoms with Crippen LogP contribution in [0.1, 0.15) is 19.4 Å². The van der Waals surface area contributed by atoms with Gasteiger partial charge in [0.15, 0.2) is 0 Å². The Labute approximate surface area is 83.6 Å². The van der Waals surface area contributed by atoms with Crippen LogP contribution in [0.3, 0.4) is 0 Å². The lowest BCUT2D eigenvalue weighted by atomic mass is 9.97. The van der Waals surface area contributed by atoms with E-state index < -0.39 is 0 Å². The van der Waals surface area contributed by atoms with Gasteiger partial charge in [-0.2, -0.15) is 0 Å². The molecule has 0 bridgehead atoms. The van der Waals surface area contributed by atoms with Crippen LogP contribution in [0, 0.1) is 11.7 Å². The molecule has 0 radical (unpaired) electrons. The molecule has 3 heteroatoms. The van der Waals surface area contributed by atoms with E-state index in [0.717, 1.165) is 0 Å². The molecule has 0 aliphatic heterocycles. The summed E-state index contributed by atoms with van der Waals surface area (Å²) in [7, 11) is 0. The Kier molecular flexibility index (Phi) is 3.47. The SMILES string of the molecule is CC(C)C(N)Cc1cc(F)ccc1O. The van der Waals surface area contributed by atoms with Gasteiger partial charge in [0.05, 0.1) is 0 Å². The smallest absolute Gasteiger partial charge is 0.123 e. The number of benzene rings is 1. The normalized spacial score (nSPS) is 13.2. The van der Waals surface area contributed by atoms with E-state index in [1.54, 1.807) is 0 Å². The number of hydrogen-bond acceptors (Lipinski definition) is 2. The molecule has 1 aromatic rings. The standard InChI is InChI=1S/C11H16FNO/c1-7(2)10(13)6-8-5-9(12)3-4-11(8)14/h3-5,7,10,14H,6,13H2,1-2H3. The van der Waals surface area contributed by atoms with Crippen LogP contribution in [0.25, 0.3) is 0 Å². The molecule has 0 spiro atoms. The lowest BCUT2D eigenvalue weighted by Crippen LogP contribution is -2.28. The molecule has 0 aromatic heterocycles. The first-order chi connectivity index (χ1) is 6.50. The van der Waals surface area contributed by atoms with Crippen molar-refractivity contribution < 1.29 is 9.50 Å². The second-order valence-corrected chi connectivity index (χ2v) is 3.89. The van der Waals surface area contributed by atoms with Crippen molar-refractivity contribution in [2.45, 2.75) is 26.3 Å². The van der Waals surface area contributed by atoms with Crippen molar-refractivity contribution in [2.24, 2.45) is 11.7 Å². The number of halogens is 1. The predicted octanol–water partition coefficient (Wildman–Crippen LogP) is 2.06. The minimum Gasteiger partial charge on any atom is -0.508 e. The van der Waals surface area contributed by atoms with E-state index in [0.29, 0.717) is 17.9 Å². The first-order valence-corrected chi connectivity index (χ1v) is 4.73. The maximum absolute atomic E-state index is 12.8. The van der Waals surface area contributed by atoms with Crippen LogP contribution in [0.15, 0.2) is 18.2 Å². The Morgan fingerprint density at radius 1 is 1.43 bits per heavy atom. The minimum atomic E-state index is -0.339. The number of nitrogens with two attached hydrogens (primary N) is 1. The Balaban J connectivity index is 2.80. The summed E-state index contributed by atoms with van der Waals surface area (Å²) in [4.78, 5) is 0. The highest BCUT2D eigenvalue weighted by Gasteiger charge is 2.11. The molecule has 3 N–H and O–H groups in total. The molecule has 2 nitrogen and oxygen atoms in total. The second-order valence-electron chi connectivity index (χ2n) is 3.89. The van der Waals surface area contributed by atoms with Crippen molar-refractivity contribution in [3.8, 4) is 5.75 Å². The number of phenols is 1. The summed E-state index contributed by atoms with van der Waals surface area (Å²) in [5, 5.41) is 9.44. The van der Waals surface area contributed by atoms with Crippen molar-refractivity contribution in [2.75, 3.05) is 0 Å². The molecule has 0 amide bonds. The molecular formula is C11H16FNO. The number of hydrogen-bond donors (Lipinski definition) is 2. The predicted molar refractivity (Wildman–Crippen MR) is 54.6 cm³/mol. The summed E-state index contributed by atoms with van der Waals surface area (Å²) in [5.74, 6) is 0.0916. The third-order valence-corrected chi connectivity index (χ3v) is 2.35. The molecule has 0 aliphatic carbocycles.